The molecule has 0 spiro atoms. The summed E-state index contributed by atoms with van der Waals surface area (Å²) in [5.41, 5.74) is 0.423. The molecule has 3 rings (SSSR count). The predicted octanol–water partition coefficient (Wildman–Crippen LogP) is 2.49. The molecule has 26 heavy (non-hydrogen) atoms. The van der Waals surface area contributed by atoms with Gasteiger partial charge in [0.1, 0.15) is 11.4 Å². The molecule has 7 heteroatoms. The number of rotatable bonds is 4. The van der Waals surface area contributed by atoms with Gasteiger partial charge in [0.15, 0.2) is 6.10 Å². The van der Waals surface area contributed by atoms with Crippen molar-refractivity contribution in [1.82, 2.24) is 14.8 Å². The molecule has 136 valence electrons. The highest BCUT2D eigenvalue weighted by molar-refractivity contribution is 6.30. The summed E-state index contributed by atoms with van der Waals surface area (Å²) in [5.74, 6) is 0.396. The molecule has 0 radical (unpaired) electrons. The van der Waals surface area contributed by atoms with E-state index in [2.05, 4.69) is 4.98 Å². The van der Waals surface area contributed by atoms with E-state index in [-0.39, 0.29) is 11.8 Å². The van der Waals surface area contributed by atoms with Gasteiger partial charge < -0.3 is 14.5 Å². The van der Waals surface area contributed by atoms with Crippen LogP contribution in [0.3, 0.4) is 0 Å². The summed E-state index contributed by atoms with van der Waals surface area (Å²) in [7, 11) is 0. The number of nitrogens with zero attached hydrogens (tertiary/aromatic N) is 3. The maximum atomic E-state index is 12.6. The fourth-order valence-electron chi connectivity index (χ4n) is 2.81. The van der Waals surface area contributed by atoms with E-state index in [1.807, 2.05) is 0 Å². The molecule has 2 aromatic rings. The van der Waals surface area contributed by atoms with Gasteiger partial charge in [-0.15, -0.1) is 0 Å². The monoisotopic (exact) mass is 373 g/mol. The number of carbonyl (C=O) groups is 2. The Bertz CT molecular complexity index is 759. The lowest BCUT2D eigenvalue weighted by Crippen LogP contribution is -2.53. The standard InChI is InChI=1S/C19H20ClN3O3/c1-14(26-16-7-5-15(20)6-8-16)18(24)22-10-12-23(13-11-22)19(25)17-4-2-3-9-21-17/h2-9,14H,10-13H2,1H3. The Kier molecular flexibility index (Phi) is 5.73. The molecule has 1 aromatic heterocycles. The molecule has 1 saturated heterocycles. The highest BCUT2D eigenvalue weighted by Crippen LogP contribution is 2.18. The Hall–Kier alpha value is -2.60. The Balaban J connectivity index is 1.53. The predicted molar refractivity (Wildman–Crippen MR) is 98.3 cm³/mol. The molecule has 0 saturated carbocycles. The summed E-state index contributed by atoms with van der Waals surface area (Å²) in [4.78, 5) is 32.5. The molecule has 6 nitrogen and oxygen atoms in total. The number of amides is 2. The first kappa shape index (κ1) is 18.2. The molecule has 1 aliphatic rings. The van der Waals surface area contributed by atoms with Crippen molar-refractivity contribution < 1.29 is 14.3 Å². The number of benzene rings is 1. The van der Waals surface area contributed by atoms with Gasteiger partial charge in [-0.3, -0.25) is 14.6 Å². The number of carbonyl (C=O) groups excluding carboxylic acids is 2. The largest absolute Gasteiger partial charge is 0.481 e. The van der Waals surface area contributed by atoms with E-state index < -0.39 is 6.10 Å². The molecule has 1 fully saturated rings. The average molecular weight is 374 g/mol. The molecule has 1 aromatic carbocycles. The SMILES string of the molecule is CC(Oc1ccc(Cl)cc1)C(=O)N1CCN(C(=O)c2ccccn2)CC1. The first-order valence-corrected chi connectivity index (χ1v) is 8.84. The molecule has 2 heterocycles. The minimum atomic E-state index is -0.603. The summed E-state index contributed by atoms with van der Waals surface area (Å²) in [5, 5.41) is 0.616. The number of halogens is 1. The lowest BCUT2D eigenvalue weighted by atomic mass is 10.2. The first-order chi connectivity index (χ1) is 12.5. The fraction of sp³-hybridized carbons (Fsp3) is 0.316. The van der Waals surface area contributed by atoms with Gasteiger partial charge >= 0.3 is 0 Å². The van der Waals surface area contributed by atoms with Crippen molar-refractivity contribution in [3.8, 4) is 5.75 Å². The van der Waals surface area contributed by atoms with Crippen LogP contribution in [-0.2, 0) is 4.79 Å². The Morgan fingerprint density at radius 3 is 2.31 bits per heavy atom. The molecule has 0 N–H and O–H groups in total. The van der Waals surface area contributed by atoms with Crippen LogP contribution in [0.15, 0.2) is 48.7 Å². The van der Waals surface area contributed by atoms with Crippen LogP contribution in [0.25, 0.3) is 0 Å². The quantitative estimate of drug-likeness (QED) is 0.826. The molecule has 0 bridgehead atoms. The van der Waals surface area contributed by atoms with E-state index >= 15 is 0 Å². The van der Waals surface area contributed by atoms with Crippen molar-refractivity contribution in [1.29, 1.82) is 0 Å². The van der Waals surface area contributed by atoms with Crippen molar-refractivity contribution in [3.05, 3.63) is 59.4 Å². The molecule has 1 unspecified atom stereocenters. The lowest BCUT2D eigenvalue weighted by Gasteiger charge is -2.35. The van der Waals surface area contributed by atoms with E-state index in [0.717, 1.165) is 0 Å². The summed E-state index contributed by atoms with van der Waals surface area (Å²) < 4.78 is 5.69. The van der Waals surface area contributed by atoms with Crippen LogP contribution in [-0.4, -0.2) is 58.9 Å². The highest BCUT2D eigenvalue weighted by Gasteiger charge is 2.28. The molecular weight excluding hydrogens is 354 g/mol. The van der Waals surface area contributed by atoms with E-state index in [9.17, 15) is 9.59 Å². The van der Waals surface area contributed by atoms with Crippen LogP contribution in [0.2, 0.25) is 5.02 Å². The number of hydrogen-bond donors (Lipinski definition) is 0. The van der Waals surface area contributed by atoms with E-state index in [0.29, 0.717) is 42.6 Å². The second kappa shape index (κ2) is 8.19. The number of hydrogen-bond acceptors (Lipinski definition) is 4. The molecular formula is C19H20ClN3O3. The smallest absolute Gasteiger partial charge is 0.272 e. The van der Waals surface area contributed by atoms with Gasteiger partial charge in [0.05, 0.1) is 0 Å². The van der Waals surface area contributed by atoms with Gasteiger partial charge in [-0.2, -0.15) is 0 Å². The van der Waals surface area contributed by atoms with Crippen molar-refractivity contribution in [2.75, 3.05) is 26.2 Å². The van der Waals surface area contributed by atoms with Crippen LogP contribution in [0.1, 0.15) is 17.4 Å². The minimum absolute atomic E-state index is 0.0927. The summed E-state index contributed by atoms with van der Waals surface area (Å²) in [6, 6.07) is 12.2. The summed E-state index contributed by atoms with van der Waals surface area (Å²) >= 11 is 5.85. The molecule has 1 atom stereocenters. The van der Waals surface area contributed by atoms with E-state index in [4.69, 9.17) is 16.3 Å². The van der Waals surface area contributed by atoms with E-state index in [1.165, 1.54) is 0 Å². The Morgan fingerprint density at radius 1 is 1.04 bits per heavy atom. The summed E-state index contributed by atoms with van der Waals surface area (Å²) in [6.45, 7) is 3.64. The third-order valence-electron chi connectivity index (χ3n) is 4.24. The van der Waals surface area contributed by atoms with Gasteiger partial charge in [-0.05, 0) is 43.3 Å². The van der Waals surface area contributed by atoms with Crippen molar-refractivity contribution in [2.45, 2.75) is 13.0 Å². The van der Waals surface area contributed by atoms with Crippen molar-refractivity contribution >= 4 is 23.4 Å². The maximum Gasteiger partial charge on any atom is 0.272 e. The fourth-order valence-corrected chi connectivity index (χ4v) is 2.93. The van der Waals surface area contributed by atoms with Gasteiger partial charge in [-0.25, -0.2) is 0 Å². The number of ether oxygens (including phenoxy) is 1. The van der Waals surface area contributed by atoms with Crippen molar-refractivity contribution in [2.24, 2.45) is 0 Å². The number of piperazine rings is 1. The number of pyridine rings is 1. The second-order valence-corrected chi connectivity index (χ2v) is 6.48. The Morgan fingerprint density at radius 2 is 1.69 bits per heavy atom. The van der Waals surface area contributed by atoms with Crippen LogP contribution in [0.4, 0.5) is 0 Å². The number of aromatic nitrogens is 1. The van der Waals surface area contributed by atoms with Gasteiger partial charge in [0, 0.05) is 37.4 Å². The zero-order chi connectivity index (χ0) is 18.5. The third-order valence-corrected chi connectivity index (χ3v) is 4.49. The Labute approximate surface area is 157 Å². The van der Waals surface area contributed by atoms with Crippen LogP contribution >= 0.6 is 11.6 Å². The normalized spacial score (nSPS) is 15.5. The summed E-state index contributed by atoms with van der Waals surface area (Å²) in [6.07, 6.45) is 0.997. The van der Waals surface area contributed by atoms with E-state index in [1.54, 1.807) is 65.4 Å². The van der Waals surface area contributed by atoms with Gasteiger partial charge in [0.25, 0.3) is 11.8 Å². The topological polar surface area (TPSA) is 62.7 Å². The second-order valence-electron chi connectivity index (χ2n) is 6.05. The zero-order valence-electron chi connectivity index (χ0n) is 14.5. The van der Waals surface area contributed by atoms with Crippen LogP contribution in [0.5, 0.6) is 5.75 Å². The molecule has 1 aliphatic heterocycles. The molecule has 2 amide bonds. The van der Waals surface area contributed by atoms with Gasteiger partial charge in [0.2, 0.25) is 0 Å². The maximum absolute atomic E-state index is 12.6. The molecule has 0 aliphatic carbocycles. The van der Waals surface area contributed by atoms with Gasteiger partial charge in [-0.1, -0.05) is 17.7 Å². The minimum Gasteiger partial charge on any atom is -0.481 e. The zero-order valence-corrected chi connectivity index (χ0v) is 15.2. The highest BCUT2D eigenvalue weighted by atomic mass is 35.5. The van der Waals surface area contributed by atoms with Crippen LogP contribution < -0.4 is 4.74 Å². The van der Waals surface area contributed by atoms with Crippen molar-refractivity contribution in [3.63, 3.8) is 0 Å². The first-order valence-electron chi connectivity index (χ1n) is 8.46. The lowest BCUT2D eigenvalue weighted by molar-refractivity contribution is -0.139. The van der Waals surface area contributed by atoms with Crippen LogP contribution in [0, 0.1) is 0 Å². The third kappa shape index (κ3) is 4.32. The average Bonchev–Trinajstić information content (AvgIpc) is 2.69.